The van der Waals surface area contributed by atoms with Crippen molar-refractivity contribution in [2.75, 3.05) is 25.7 Å². The minimum Gasteiger partial charge on any atom is -0.497 e. The number of ether oxygens (including phenoxy) is 2. The van der Waals surface area contributed by atoms with Crippen molar-refractivity contribution < 1.29 is 14.3 Å². The van der Waals surface area contributed by atoms with Crippen molar-refractivity contribution in [1.82, 2.24) is 4.98 Å². The van der Waals surface area contributed by atoms with Crippen LogP contribution in [0.5, 0.6) is 5.75 Å². The van der Waals surface area contributed by atoms with Crippen LogP contribution in [0.3, 0.4) is 0 Å². The van der Waals surface area contributed by atoms with Crippen LogP contribution in [0.25, 0.3) is 10.9 Å². The number of benzene rings is 2. The molecule has 0 radical (unpaired) electrons. The number of aromatic amines is 1. The average Bonchev–Trinajstić information content (AvgIpc) is 2.66. The van der Waals surface area contributed by atoms with E-state index >= 15 is 0 Å². The second-order valence-electron chi connectivity index (χ2n) is 6.33. The summed E-state index contributed by atoms with van der Waals surface area (Å²) < 4.78 is 10.3. The zero-order valence-corrected chi connectivity index (χ0v) is 15.6. The van der Waals surface area contributed by atoms with E-state index < -0.39 is 0 Å². The lowest BCUT2D eigenvalue weighted by atomic mass is 10.1. The maximum Gasteiger partial charge on any atom is 0.253 e. The molecule has 0 saturated heterocycles. The van der Waals surface area contributed by atoms with Gasteiger partial charge >= 0.3 is 0 Å². The van der Waals surface area contributed by atoms with Crippen molar-refractivity contribution in [1.29, 1.82) is 0 Å². The van der Waals surface area contributed by atoms with Gasteiger partial charge in [-0.2, -0.15) is 0 Å². The van der Waals surface area contributed by atoms with Crippen LogP contribution in [-0.4, -0.2) is 31.7 Å². The van der Waals surface area contributed by atoms with Crippen LogP contribution in [0.2, 0.25) is 0 Å². The quantitative estimate of drug-likeness (QED) is 0.728. The van der Waals surface area contributed by atoms with E-state index in [1.807, 2.05) is 31.2 Å². The number of hydrogen-bond donors (Lipinski definition) is 1. The highest BCUT2D eigenvalue weighted by molar-refractivity contribution is 5.94. The average molecular weight is 366 g/mol. The molecule has 0 aliphatic carbocycles. The molecule has 3 rings (SSSR count). The van der Waals surface area contributed by atoms with Crippen LogP contribution < -0.4 is 15.2 Å². The Kier molecular flexibility index (Phi) is 5.57. The summed E-state index contributed by atoms with van der Waals surface area (Å²) in [5, 5.41) is 0.917. The fraction of sp³-hybridized carbons (Fsp3) is 0.238. The smallest absolute Gasteiger partial charge is 0.253 e. The van der Waals surface area contributed by atoms with Crippen molar-refractivity contribution in [3.8, 4) is 5.75 Å². The van der Waals surface area contributed by atoms with Crippen molar-refractivity contribution >= 4 is 22.5 Å². The van der Waals surface area contributed by atoms with Gasteiger partial charge in [-0.1, -0.05) is 18.2 Å². The van der Waals surface area contributed by atoms with Gasteiger partial charge in [-0.05, 0) is 42.1 Å². The number of aromatic nitrogens is 1. The predicted octanol–water partition coefficient (Wildman–Crippen LogP) is 3.02. The number of amides is 1. The van der Waals surface area contributed by atoms with Gasteiger partial charge < -0.3 is 19.4 Å². The number of pyridine rings is 1. The molecule has 0 aliphatic rings. The van der Waals surface area contributed by atoms with E-state index in [2.05, 4.69) is 4.98 Å². The fourth-order valence-electron chi connectivity index (χ4n) is 2.95. The Balaban J connectivity index is 2.02. The summed E-state index contributed by atoms with van der Waals surface area (Å²) >= 11 is 0. The van der Waals surface area contributed by atoms with Gasteiger partial charge in [0.05, 0.1) is 13.7 Å². The number of aryl methyl sites for hydroxylation is 1. The first-order valence-electron chi connectivity index (χ1n) is 8.57. The molecule has 27 heavy (non-hydrogen) atoms. The molecular formula is C21H22N2O4. The molecule has 1 aromatic heterocycles. The van der Waals surface area contributed by atoms with E-state index in [0.29, 0.717) is 17.0 Å². The van der Waals surface area contributed by atoms with Gasteiger partial charge in [0.15, 0.2) is 0 Å². The summed E-state index contributed by atoms with van der Waals surface area (Å²) in [7, 11) is 3.03. The number of nitrogens with one attached hydrogen (secondary N) is 1. The number of H-pyrrole nitrogens is 1. The predicted molar refractivity (Wildman–Crippen MR) is 105 cm³/mol. The molecular weight excluding hydrogens is 344 g/mol. The molecule has 2 aromatic carbocycles. The molecule has 1 N–H and O–H groups in total. The van der Waals surface area contributed by atoms with Gasteiger partial charge in [-0.25, -0.2) is 0 Å². The Labute approximate surface area is 157 Å². The van der Waals surface area contributed by atoms with Gasteiger partial charge in [-0.3, -0.25) is 9.59 Å². The number of fused-ring (bicyclic) bond motifs is 1. The number of anilines is 1. The summed E-state index contributed by atoms with van der Waals surface area (Å²) in [6, 6.07) is 14.8. The number of carbonyl (C=O) groups is 1. The zero-order valence-electron chi connectivity index (χ0n) is 15.6. The van der Waals surface area contributed by atoms with Crippen molar-refractivity contribution in [3.05, 3.63) is 70.0 Å². The van der Waals surface area contributed by atoms with Gasteiger partial charge in [-0.15, -0.1) is 0 Å². The second-order valence-corrected chi connectivity index (χ2v) is 6.33. The van der Waals surface area contributed by atoms with E-state index in [9.17, 15) is 9.59 Å². The molecule has 0 saturated carbocycles. The van der Waals surface area contributed by atoms with Crippen molar-refractivity contribution in [2.24, 2.45) is 0 Å². The van der Waals surface area contributed by atoms with Crippen LogP contribution in [0, 0.1) is 6.92 Å². The van der Waals surface area contributed by atoms with E-state index in [1.54, 1.807) is 31.4 Å². The number of carbonyl (C=O) groups excluding carboxylic acids is 1. The third-order valence-electron chi connectivity index (χ3n) is 4.34. The Morgan fingerprint density at radius 1 is 1.11 bits per heavy atom. The lowest BCUT2D eigenvalue weighted by molar-refractivity contribution is -0.122. The Bertz CT molecular complexity index is 1030. The minimum absolute atomic E-state index is 0.0815. The van der Waals surface area contributed by atoms with E-state index in [4.69, 9.17) is 9.47 Å². The van der Waals surface area contributed by atoms with Crippen molar-refractivity contribution in [3.63, 3.8) is 0 Å². The molecule has 1 amide bonds. The standard InChI is InChI=1S/C21H22N2O4/c1-14-7-8-15-10-16(21(25)22-19(15)9-14)12-23(20(24)13-26-2)17-5-4-6-18(11-17)27-3/h4-11H,12-13H2,1-3H3,(H,22,25). The molecule has 3 aromatic rings. The SMILES string of the molecule is COCC(=O)N(Cc1cc2ccc(C)cc2[nH]c1=O)c1cccc(OC)c1. The van der Waals surface area contributed by atoms with E-state index in [0.717, 1.165) is 16.5 Å². The van der Waals surface area contributed by atoms with Gasteiger partial charge in [0.25, 0.3) is 11.5 Å². The lowest BCUT2D eigenvalue weighted by Gasteiger charge is -2.23. The van der Waals surface area contributed by atoms with Crippen LogP contribution in [0.15, 0.2) is 53.3 Å². The van der Waals surface area contributed by atoms with Gasteiger partial charge in [0.2, 0.25) is 0 Å². The summed E-state index contributed by atoms with van der Waals surface area (Å²) in [5.74, 6) is 0.389. The highest BCUT2D eigenvalue weighted by Crippen LogP contribution is 2.23. The Morgan fingerprint density at radius 2 is 1.93 bits per heavy atom. The summed E-state index contributed by atoms with van der Waals surface area (Å²) in [6.45, 7) is 2.02. The van der Waals surface area contributed by atoms with Crippen LogP contribution >= 0.6 is 0 Å². The summed E-state index contributed by atoms with van der Waals surface area (Å²) in [4.78, 5) is 29.6. The molecule has 0 aliphatic heterocycles. The molecule has 6 nitrogen and oxygen atoms in total. The minimum atomic E-state index is -0.242. The zero-order chi connectivity index (χ0) is 19.4. The first kappa shape index (κ1) is 18.7. The summed E-state index contributed by atoms with van der Waals surface area (Å²) in [6.07, 6.45) is 0. The maximum absolute atomic E-state index is 12.6. The van der Waals surface area contributed by atoms with Crippen LogP contribution in [0.1, 0.15) is 11.1 Å². The molecule has 0 atom stereocenters. The molecule has 6 heteroatoms. The lowest BCUT2D eigenvalue weighted by Crippen LogP contribution is -2.35. The molecule has 0 spiro atoms. The second kappa shape index (κ2) is 8.05. The molecule has 0 unspecified atom stereocenters. The van der Waals surface area contributed by atoms with Crippen LogP contribution in [-0.2, 0) is 16.1 Å². The third-order valence-corrected chi connectivity index (χ3v) is 4.34. The van der Waals surface area contributed by atoms with E-state index in [-0.39, 0.29) is 24.6 Å². The molecule has 0 fully saturated rings. The number of hydrogen-bond acceptors (Lipinski definition) is 4. The first-order chi connectivity index (χ1) is 13.0. The van der Waals surface area contributed by atoms with E-state index in [1.165, 1.54) is 12.0 Å². The molecule has 1 heterocycles. The molecule has 0 bridgehead atoms. The topological polar surface area (TPSA) is 71.6 Å². The van der Waals surface area contributed by atoms with Gasteiger partial charge in [0.1, 0.15) is 12.4 Å². The highest BCUT2D eigenvalue weighted by atomic mass is 16.5. The van der Waals surface area contributed by atoms with Crippen LogP contribution in [0.4, 0.5) is 5.69 Å². The third kappa shape index (κ3) is 4.17. The van der Waals surface area contributed by atoms with Crippen molar-refractivity contribution in [2.45, 2.75) is 13.5 Å². The Hall–Kier alpha value is -3.12. The number of methoxy groups -OCH3 is 2. The first-order valence-corrected chi connectivity index (χ1v) is 8.57. The fourth-order valence-corrected chi connectivity index (χ4v) is 2.95. The normalized spacial score (nSPS) is 10.8. The largest absolute Gasteiger partial charge is 0.497 e. The molecule has 140 valence electrons. The number of rotatable bonds is 6. The maximum atomic E-state index is 12.6. The van der Waals surface area contributed by atoms with Gasteiger partial charge in [0, 0.05) is 29.9 Å². The summed E-state index contributed by atoms with van der Waals surface area (Å²) in [5.41, 5.74) is 2.77. The highest BCUT2D eigenvalue weighted by Gasteiger charge is 2.18. The number of nitrogens with zero attached hydrogens (tertiary/aromatic N) is 1. The Morgan fingerprint density at radius 3 is 2.67 bits per heavy atom. The monoisotopic (exact) mass is 366 g/mol.